The maximum atomic E-state index is 13.2. The Hall–Kier alpha value is -2.50. The van der Waals surface area contributed by atoms with Crippen LogP contribution in [0, 0.1) is 25.6 Å². The van der Waals surface area contributed by atoms with Crippen molar-refractivity contribution in [2.45, 2.75) is 44.9 Å². The van der Waals surface area contributed by atoms with Gasteiger partial charge in [0, 0.05) is 24.3 Å². The van der Waals surface area contributed by atoms with Gasteiger partial charge in [-0.3, -0.25) is 4.79 Å². The number of halogens is 1. The lowest BCUT2D eigenvalue weighted by Gasteiger charge is -2.34. The van der Waals surface area contributed by atoms with Crippen molar-refractivity contribution in [3.63, 3.8) is 0 Å². The molecule has 0 N–H and O–H groups in total. The number of ether oxygens (including phenoxy) is 1. The van der Waals surface area contributed by atoms with Crippen LogP contribution in [-0.4, -0.2) is 40.5 Å². The number of carbonyl (C=O) groups is 1. The Labute approximate surface area is 164 Å². The molecule has 1 saturated carbocycles. The molecular formula is C22H26FN3O2. The van der Waals surface area contributed by atoms with Crippen LogP contribution in [0.15, 0.2) is 30.6 Å². The van der Waals surface area contributed by atoms with Gasteiger partial charge in [-0.05, 0) is 63.1 Å². The van der Waals surface area contributed by atoms with Crippen molar-refractivity contribution in [3.05, 3.63) is 53.2 Å². The highest BCUT2D eigenvalue weighted by Crippen LogP contribution is 2.50. The zero-order valence-electron chi connectivity index (χ0n) is 16.4. The standard InChI is InChI=1S/C22H26FN3O2/c1-15-16(2)24-14-25-20(15)28-13-17-7-11-26(12-8-17)21(27)22(9-10-22)18-3-5-19(23)6-4-18/h3-6,14,17H,7-13H2,1-2H3. The van der Waals surface area contributed by atoms with Crippen LogP contribution in [-0.2, 0) is 10.2 Å². The smallest absolute Gasteiger partial charge is 0.233 e. The third-order valence-corrected chi connectivity index (χ3v) is 6.20. The lowest BCUT2D eigenvalue weighted by molar-refractivity contribution is -0.135. The summed E-state index contributed by atoms with van der Waals surface area (Å²) in [5.74, 6) is 1.00. The Kier molecular flexibility index (Phi) is 5.04. The van der Waals surface area contributed by atoms with Gasteiger partial charge in [0.05, 0.1) is 12.0 Å². The van der Waals surface area contributed by atoms with Crippen molar-refractivity contribution in [3.8, 4) is 5.88 Å². The molecular weight excluding hydrogens is 357 g/mol. The second-order valence-corrected chi connectivity index (χ2v) is 8.02. The fraction of sp³-hybridized carbons (Fsp3) is 0.500. The number of hydrogen-bond acceptors (Lipinski definition) is 4. The number of piperidine rings is 1. The van der Waals surface area contributed by atoms with Gasteiger partial charge in [0.25, 0.3) is 0 Å². The van der Waals surface area contributed by atoms with Crippen molar-refractivity contribution >= 4 is 5.91 Å². The Morgan fingerprint density at radius 2 is 1.86 bits per heavy atom. The van der Waals surface area contributed by atoms with Crippen LogP contribution >= 0.6 is 0 Å². The highest BCUT2D eigenvalue weighted by Gasteiger charge is 2.53. The quantitative estimate of drug-likeness (QED) is 0.792. The van der Waals surface area contributed by atoms with Gasteiger partial charge in [0.15, 0.2) is 0 Å². The first-order valence-corrected chi connectivity index (χ1v) is 9.96. The normalized spacial score (nSPS) is 18.8. The van der Waals surface area contributed by atoms with E-state index in [1.807, 2.05) is 18.7 Å². The molecule has 1 amide bonds. The van der Waals surface area contributed by atoms with Gasteiger partial charge < -0.3 is 9.64 Å². The Bertz CT molecular complexity index is 857. The van der Waals surface area contributed by atoms with Gasteiger partial charge in [-0.1, -0.05) is 12.1 Å². The van der Waals surface area contributed by atoms with Crippen LogP contribution in [0.25, 0.3) is 0 Å². The van der Waals surface area contributed by atoms with E-state index in [1.165, 1.54) is 18.5 Å². The minimum Gasteiger partial charge on any atom is -0.477 e. The van der Waals surface area contributed by atoms with Crippen LogP contribution < -0.4 is 4.74 Å². The van der Waals surface area contributed by atoms with Crippen LogP contribution in [0.4, 0.5) is 4.39 Å². The van der Waals surface area contributed by atoms with Crippen LogP contribution in [0.2, 0.25) is 0 Å². The summed E-state index contributed by atoms with van der Waals surface area (Å²) in [5, 5.41) is 0. The lowest BCUT2D eigenvalue weighted by atomic mass is 9.91. The number of likely N-dealkylation sites (tertiary alicyclic amines) is 1. The summed E-state index contributed by atoms with van der Waals surface area (Å²) in [6.07, 6.45) is 5.09. The second-order valence-electron chi connectivity index (χ2n) is 8.02. The van der Waals surface area contributed by atoms with E-state index in [2.05, 4.69) is 9.97 Å². The van der Waals surface area contributed by atoms with Crippen LogP contribution in [0.5, 0.6) is 5.88 Å². The number of rotatable bonds is 5. The highest BCUT2D eigenvalue weighted by molar-refractivity contribution is 5.91. The van der Waals surface area contributed by atoms with Crippen LogP contribution in [0.3, 0.4) is 0 Å². The maximum absolute atomic E-state index is 13.2. The van der Waals surface area contributed by atoms with Gasteiger partial charge in [0.1, 0.15) is 12.1 Å². The van der Waals surface area contributed by atoms with Gasteiger partial charge in [-0.15, -0.1) is 0 Å². The summed E-state index contributed by atoms with van der Waals surface area (Å²) in [6, 6.07) is 6.41. The molecule has 2 aliphatic rings. The van der Waals surface area contributed by atoms with E-state index in [0.717, 1.165) is 55.6 Å². The topological polar surface area (TPSA) is 55.3 Å². The first-order chi connectivity index (χ1) is 13.5. The molecule has 0 atom stereocenters. The molecule has 1 aliphatic carbocycles. The lowest BCUT2D eigenvalue weighted by Crippen LogP contribution is -2.44. The number of benzene rings is 1. The monoisotopic (exact) mass is 383 g/mol. The summed E-state index contributed by atoms with van der Waals surface area (Å²) in [5.41, 5.74) is 2.43. The summed E-state index contributed by atoms with van der Waals surface area (Å²) < 4.78 is 19.1. The Balaban J connectivity index is 1.32. The largest absolute Gasteiger partial charge is 0.477 e. The molecule has 2 fully saturated rings. The third-order valence-electron chi connectivity index (χ3n) is 6.20. The molecule has 0 spiro atoms. The molecule has 0 bridgehead atoms. The van der Waals surface area contributed by atoms with Crippen molar-refractivity contribution < 1.29 is 13.9 Å². The average Bonchev–Trinajstić information content (AvgIpc) is 3.51. The van der Waals surface area contributed by atoms with Crippen molar-refractivity contribution in [1.29, 1.82) is 0 Å². The summed E-state index contributed by atoms with van der Waals surface area (Å²) in [6.45, 7) is 6.02. The maximum Gasteiger partial charge on any atom is 0.233 e. The number of nitrogens with zero attached hydrogens (tertiary/aromatic N) is 3. The second kappa shape index (κ2) is 7.49. The number of aromatic nitrogens is 2. The zero-order valence-corrected chi connectivity index (χ0v) is 16.4. The summed E-state index contributed by atoms with van der Waals surface area (Å²) in [4.78, 5) is 23.5. The Morgan fingerprint density at radius 3 is 2.50 bits per heavy atom. The molecule has 1 aliphatic heterocycles. The molecule has 5 nitrogen and oxygen atoms in total. The molecule has 1 aromatic heterocycles. The van der Waals surface area contributed by atoms with Crippen LogP contribution in [0.1, 0.15) is 42.5 Å². The van der Waals surface area contributed by atoms with Gasteiger partial charge in [-0.2, -0.15) is 0 Å². The molecule has 2 heterocycles. The Morgan fingerprint density at radius 1 is 1.18 bits per heavy atom. The first kappa shape index (κ1) is 18.8. The predicted molar refractivity (Wildman–Crippen MR) is 104 cm³/mol. The fourth-order valence-corrected chi connectivity index (χ4v) is 3.98. The summed E-state index contributed by atoms with van der Waals surface area (Å²) >= 11 is 0. The van der Waals surface area contributed by atoms with Crippen molar-refractivity contribution in [2.24, 2.45) is 5.92 Å². The predicted octanol–water partition coefficient (Wildman–Crippen LogP) is 3.58. The number of aryl methyl sites for hydroxylation is 1. The summed E-state index contributed by atoms with van der Waals surface area (Å²) in [7, 11) is 0. The molecule has 2 aromatic rings. The number of hydrogen-bond donors (Lipinski definition) is 0. The van der Waals surface area contributed by atoms with E-state index in [1.54, 1.807) is 12.1 Å². The van der Waals surface area contributed by atoms with E-state index in [-0.39, 0.29) is 11.7 Å². The fourth-order valence-electron chi connectivity index (χ4n) is 3.98. The van der Waals surface area contributed by atoms with E-state index in [0.29, 0.717) is 18.4 Å². The van der Waals surface area contributed by atoms with E-state index in [9.17, 15) is 9.18 Å². The third kappa shape index (κ3) is 3.60. The molecule has 0 radical (unpaired) electrons. The molecule has 4 rings (SSSR count). The van der Waals surface area contributed by atoms with Crippen molar-refractivity contribution in [2.75, 3.05) is 19.7 Å². The zero-order chi connectivity index (χ0) is 19.7. The van der Waals surface area contributed by atoms with E-state index < -0.39 is 5.41 Å². The van der Waals surface area contributed by atoms with Gasteiger partial charge in [0.2, 0.25) is 11.8 Å². The van der Waals surface area contributed by atoms with Crippen molar-refractivity contribution in [1.82, 2.24) is 14.9 Å². The molecule has 6 heteroatoms. The number of carbonyl (C=O) groups excluding carboxylic acids is 1. The molecule has 1 saturated heterocycles. The SMILES string of the molecule is Cc1ncnc(OCC2CCN(C(=O)C3(c4ccc(F)cc4)CC3)CC2)c1C. The average molecular weight is 383 g/mol. The molecule has 0 unspecified atom stereocenters. The van der Waals surface area contributed by atoms with Gasteiger partial charge in [-0.25, -0.2) is 14.4 Å². The number of amides is 1. The van der Waals surface area contributed by atoms with E-state index in [4.69, 9.17) is 4.74 Å². The molecule has 28 heavy (non-hydrogen) atoms. The van der Waals surface area contributed by atoms with Gasteiger partial charge >= 0.3 is 0 Å². The molecule has 148 valence electrons. The minimum absolute atomic E-state index is 0.195. The minimum atomic E-state index is -0.424. The first-order valence-electron chi connectivity index (χ1n) is 9.96. The molecule has 1 aromatic carbocycles. The highest BCUT2D eigenvalue weighted by atomic mass is 19.1. The van der Waals surface area contributed by atoms with E-state index >= 15 is 0 Å².